The van der Waals surface area contributed by atoms with Crippen LogP contribution in [-0.4, -0.2) is 59.7 Å². The third kappa shape index (κ3) is 4.35. The zero-order valence-corrected chi connectivity index (χ0v) is 15.5. The van der Waals surface area contributed by atoms with Crippen LogP contribution in [0.2, 0.25) is 0 Å². The van der Waals surface area contributed by atoms with E-state index in [1.54, 1.807) is 0 Å². The number of hydrogen-bond donors (Lipinski definition) is 1. The molecule has 0 spiro atoms. The van der Waals surface area contributed by atoms with Crippen LogP contribution < -0.4 is 15.0 Å². The van der Waals surface area contributed by atoms with Gasteiger partial charge >= 0.3 is 0 Å². The molecule has 1 aliphatic heterocycles. The van der Waals surface area contributed by atoms with Gasteiger partial charge in [0.1, 0.15) is 5.75 Å². The fourth-order valence-electron chi connectivity index (χ4n) is 3.18. The number of imidazole rings is 1. The molecule has 140 valence electrons. The van der Waals surface area contributed by atoms with E-state index in [0.29, 0.717) is 18.9 Å². The molecule has 26 heavy (non-hydrogen) atoms. The number of hydrogen-bond acceptors (Lipinski definition) is 5. The summed E-state index contributed by atoms with van der Waals surface area (Å²) < 4.78 is 7.71. The summed E-state index contributed by atoms with van der Waals surface area (Å²) in [7, 11) is 0. The van der Waals surface area contributed by atoms with Crippen LogP contribution in [0.3, 0.4) is 0 Å². The topological polar surface area (TPSA) is 62.6 Å². The van der Waals surface area contributed by atoms with Crippen molar-refractivity contribution in [3.63, 3.8) is 0 Å². The summed E-state index contributed by atoms with van der Waals surface area (Å²) in [6, 6.07) is 7.53. The van der Waals surface area contributed by atoms with Crippen LogP contribution in [0.4, 0.5) is 11.6 Å². The Morgan fingerprint density at radius 3 is 2.69 bits per heavy atom. The molecule has 2 aromatic rings. The Kier molecular flexibility index (Phi) is 6.12. The minimum absolute atomic E-state index is 0.0133. The fraction of sp³-hybridized carbons (Fsp3) is 0.474. The van der Waals surface area contributed by atoms with Gasteiger partial charge in [-0.15, -0.1) is 0 Å². The van der Waals surface area contributed by atoms with Crippen LogP contribution in [0.15, 0.2) is 36.7 Å². The number of ether oxygens (including phenoxy) is 1. The number of amides is 1. The molecule has 0 radical (unpaired) electrons. The first kappa shape index (κ1) is 18.3. The molecule has 1 aromatic heterocycles. The molecule has 0 bridgehead atoms. The summed E-state index contributed by atoms with van der Waals surface area (Å²) in [4.78, 5) is 21.3. The highest BCUT2D eigenvalue weighted by molar-refractivity contribution is 5.93. The maximum absolute atomic E-state index is 12.4. The lowest BCUT2D eigenvalue weighted by Gasteiger charge is -2.35. The molecular weight excluding hydrogens is 330 g/mol. The van der Waals surface area contributed by atoms with E-state index in [4.69, 9.17) is 4.74 Å². The maximum Gasteiger partial charge on any atom is 0.238 e. The van der Waals surface area contributed by atoms with Crippen molar-refractivity contribution in [3.05, 3.63) is 36.7 Å². The monoisotopic (exact) mass is 357 g/mol. The van der Waals surface area contributed by atoms with E-state index in [1.165, 1.54) is 0 Å². The summed E-state index contributed by atoms with van der Waals surface area (Å²) in [6.07, 6.45) is 3.85. The van der Waals surface area contributed by atoms with Crippen LogP contribution in [0.1, 0.15) is 13.8 Å². The fourth-order valence-corrected chi connectivity index (χ4v) is 3.18. The average Bonchev–Trinajstić information content (AvgIpc) is 3.13. The first-order valence-corrected chi connectivity index (χ1v) is 9.21. The number of carbonyl (C=O) groups excluding carboxylic acids is 1. The largest absolute Gasteiger partial charge is 0.492 e. The number of aryl methyl sites for hydroxylation is 1. The second-order valence-corrected chi connectivity index (χ2v) is 6.25. The van der Waals surface area contributed by atoms with Gasteiger partial charge in [-0.3, -0.25) is 9.69 Å². The smallest absolute Gasteiger partial charge is 0.238 e. The van der Waals surface area contributed by atoms with Crippen molar-refractivity contribution in [1.82, 2.24) is 14.5 Å². The number of benzene rings is 1. The quantitative estimate of drug-likeness (QED) is 0.822. The van der Waals surface area contributed by atoms with E-state index in [0.717, 1.165) is 44.4 Å². The number of anilines is 2. The van der Waals surface area contributed by atoms with Crippen LogP contribution in [0, 0.1) is 0 Å². The molecule has 1 aliphatic rings. The van der Waals surface area contributed by atoms with Crippen LogP contribution in [0.5, 0.6) is 5.75 Å². The summed E-state index contributed by atoms with van der Waals surface area (Å²) in [5, 5.41) is 2.96. The first-order valence-electron chi connectivity index (χ1n) is 9.21. The lowest BCUT2D eigenvalue weighted by Crippen LogP contribution is -2.49. The van der Waals surface area contributed by atoms with Gasteiger partial charge in [0, 0.05) is 45.1 Å². The molecule has 1 amide bonds. The predicted octanol–water partition coefficient (Wildman–Crippen LogP) is 2.06. The molecule has 2 heterocycles. The second kappa shape index (κ2) is 8.71. The highest BCUT2D eigenvalue weighted by atomic mass is 16.5. The molecule has 1 aromatic carbocycles. The average molecular weight is 357 g/mol. The first-order chi connectivity index (χ1) is 12.7. The number of nitrogens with zero attached hydrogens (tertiary/aromatic N) is 4. The predicted molar refractivity (Wildman–Crippen MR) is 103 cm³/mol. The van der Waals surface area contributed by atoms with E-state index >= 15 is 0 Å². The Balaban J connectivity index is 1.51. The van der Waals surface area contributed by atoms with Gasteiger partial charge in [0.2, 0.25) is 11.9 Å². The number of piperazine rings is 1. The highest BCUT2D eigenvalue weighted by Gasteiger charge is 2.21. The van der Waals surface area contributed by atoms with Gasteiger partial charge < -0.3 is 19.5 Å². The summed E-state index contributed by atoms with van der Waals surface area (Å²) in [5.41, 5.74) is 0.725. The summed E-state index contributed by atoms with van der Waals surface area (Å²) >= 11 is 0. The lowest BCUT2D eigenvalue weighted by molar-refractivity contribution is -0.117. The third-order valence-electron chi connectivity index (χ3n) is 4.52. The van der Waals surface area contributed by atoms with Crippen molar-refractivity contribution < 1.29 is 9.53 Å². The van der Waals surface area contributed by atoms with Crippen molar-refractivity contribution in [3.8, 4) is 5.75 Å². The Morgan fingerprint density at radius 1 is 1.19 bits per heavy atom. The number of aromatic nitrogens is 2. The zero-order valence-electron chi connectivity index (χ0n) is 15.5. The lowest BCUT2D eigenvalue weighted by atomic mass is 10.2. The molecular formula is C19H27N5O2. The normalized spacial score (nSPS) is 15.1. The van der Waals surface area contributed by atoms with Crippen molar-refractivity contribution >= 4 is 17.5 Å². The van der Waals surface area contributed by atoms with Crippen molar-refractivity contribution in [2.45, 2.75) is 20.4 Å². The number of rotatable bonds is 7. The van der Waals surface area contributed by atoms with Gasteiger partial charge in [-0.25, -0.2) is 4.98 Å². The number of para-hydroxylation sites is 2. The molecule has 7 heteroatoms. The van der Waals surface area contributed by atoms with E-state index in [2.05, 4.69) is 31.6 Å². The molecule has 7 nitrogen and oxygen atoms in total. The molecule has 0 unspecified atom stereocenters. The van der Waals surface area contributed by atoms with E-state index in [9.17, 15) is 4.79 Å². The molecule has 0 aliphatic carbocycles. The van der Waals surface area contributed by atoms with Gasteiger partial charge in [0.05, 0.1) is 18.8 Å². The molecule has 1 fully saturated rings. The summed E-state index contributed by atoms with van der Waals surface area (Å²) in [5.74, 6) is 1.71. The van der Waals surface area contributed by atoms with E-state index < -0.39 is 0 Å². The standard InChI is InChI=1S/C19H27N5O2/c1-3-23-10-9-20-19(23)24-13-11-22(12-14-24)15-18(25)21-16-7-5-6-8-17(16)26-4-2/h5-10H,3-4,11-15H2,1-2H3,(H,21,25). The van der Waals surface area contributed by atoms with E-state index in [1.807, 2.05) is 43.6 Å². The Labute approximate surface area is 154 Å². The zero-order chi connectivity index (χ0) is 18.4. The molecule has 1 saturated heterocycles. The van der Waals surface area contributed by atoms with Gasteiger partial charge in [-0.05, 0) is 26.0 Å². The Bertz CT molecular complexity index is 722. The second-order valence-electron chi connectivity index (χ2n) is 6.25. The van der Waals surface area contributed by atoms with Crippen molar-refractivity contribution in [1.29, 1.82) is 0 Å². The molecule has 3 rings (SSSR count). The minimum Gasteiger partial charge on any atom is -0.492 e. The molecule has 0 saturated carbocycles. The van der Waals surface area contributed by atoms with Crippen LogP contribution in [0.25, 0.3) is 0 Å². The van der Waals surface area contributed by atoms with Gasteiger partial charge in [-0.2, -0.15) is 0 Å². The Morgan fingerprint density at radius 2 is 1.96 bits per heavy atom. The Hall–Kier alpha value is -2.54. The van der Waals surface area contributed by atoms with Gasteiger partial charge in [-0.1, -0.05) is 12.1 Å². The number of carbonyl (C=O) groups is 1. The van der Waals surface area contributed by atoms with Crippen LogP contribution in [-0.2, 0) is 11.3 Å². The SMILES string of the molecule is CCOc1ccccc1NC(=O)CN1CCN(c2nccn2CC)CC1. The third-order valence-corrected chi connectivity index (χ3v) is 4.52. The number of nitrogens with one attached hydrogen (secondary N) is 1. The highest BCUT2D eigenvalue weighted by Crippen LogP contribution is 2.23. The maximum atomic E-state index is 12.4. The van der Waals surface area contributed by atoms with Crippen molar-refractivity contribution in [2.24, 2.45) is 0 Å². The van der Waals surface area contributed by atoms with Gasteiger partial charge in [0.25, 0.3) is 0 Å². The molecule has 1 N–H and O–H groups in total. The van der Waals surface area contributed by atoms with E-state index in [-0.39, 0.29) is 5.91 Å². The van der Waals surface area contributed by atoms with Crippen molar-refractivity contribution in [2.75, 3.05) is 49.5 Å². The van der Waals surface area contributed by atoms with Crippen LogP contribution >= 0.6 is 0 Å². The summed E-state index contributed by atoms with van der Waals surface area (Å²) in [6.45, 7) is 9.36. The minimum atomic E-state index is -0.0133. The molecule has 0 atom stereocenters. The van der Waals surface area contributed by atoms with Gasteiger partial charge in [0.15, 0.2) is 0 Å².